The third-order valence-electron chi connectivity index (χ3n) is 4.49. The van der Waals surface area contributed by atoms with Crippen LogP contribution in [0.15, 0.2) is 0 Å². The average molecular weight is 178 g/mol. The SMILES string of the molecule is O=C(C1CCC1)C1C2CCCCC21. The second-order valence-corrected chi connectivity index (χ2v) is 5.17. The fourth-order valence-electron chi connectivity index (χ4n) is 3.38. The lowest BCUT2D eigenvalue weighted by Gasteiger charge is -2.23. The lowest BCUT2D eigenvalue weighted by Crippen LogP contribution is -2.24. The van der Waals surface area contributed by atoms with Gasteiger partial charge in [0.15, 0.2) is 0 Å². The fraction of sp³-hybridized carbons (Fsp3) is 0.917. The van der Waals surface area contributed by atoms with Crippen LogP contribution >= 0.6 is 0 Å². The largest absolute Gasteiger partial charge is 0.299 e. The van der Waals surface area contributed by atoms with Gasteiger partial charge >= 0.3 is 0 Å². The molecule has 0 radical (unpaired) electrons. The number of ketones is 1. The maximum Gasteiger partial charge on any atom is 0.139 e. The second kappa shape index (κ2) is 2.83. The van der Waals surface area contributed by atoms with Crippen molar-refractivity contribution in [1.29, 1.82) is 0 Å². The molecule has 0 bridgehead atoms. The molecule has 1 nitrogen and oxygen atoms in total. The molecule has 0 heterocycles. The van der Waals surface area contributed by atoms with E-state index in [4.69, 9.17) is 0 Å². The van der Waals surface area contributed by atoms with E-state index in [-0.39, 0.29) is 0 Å². The van der Waals surface area contributed by atoms with E-state index in [0.717, 1.165) is 11.8 Å². The van der Waals surface area contributed by atoms with E-state index >= 15 is 0 Å². The molecule has 0 aromatic rings. The Labute approximate surface area is 79.9 Å². The Morgan fingerprint density at radius 2 is 1.46 bits per heavy atom. The summed E-state index contributed by atoms with van der Waals surface area (Å²) in [5.41, 5.74) is 0. The van der Waals surface area contributed by atoms with Crippen LogP contribution in [0.2, 0.25) is 0 Å². The van der Waals surface area contributed by atoms with E-state index in [1.807, 2.05) is 0 Å². The Hall–Kier alpha value is -0.330. The van der Waals surface area contributed by atoms with Crippen molar-refractivity contribution in [3.8, 4) is 0 Å². The van der Waals surface area contributed by atoms with Crippen LogP contribution in [0.1, 0.15) is 44.9 Å². The van der Waals surface area contributed by atoms with Crippen molar-refractivity contribution in [3.63, 3.8) is 0 Å². The van der Waals surface area contributed by atoms with Gasteiger partial charge in [0.25, 0.3) is 0 Å². The van der Waals surface area contributed by atoms with Crippen LogP contribution in [-0.4, -0.2) is 5.78 Å². The zero-order valence-electron chi connectivity index (χ0n) is 8.17. The highest BCUT2D eigenvalue weighted by molar-refractivity contribution is 5.87. The molecule has 13 heavy (non-hydrogen) atoms. The second-order valence-electron chi connectivity index (χ2n) is 5.17. The number of rotatable bonds is 2. The fourth-order valence-corrected chi connectivity index (χ4v) is 3.38. The van der Waals surface area contributed by atoms with Crippen molar-refractivity contribution in [2.24, 2.45) is 23.7 Å². The molecular weight excluding hydrogens is 160 g/mol. The summed E-state index contributed by atoms with van der Waals surface area (Å²) in [6.07, 6.45) is 9.19. The molecule has 0 aliphatic heterocycles. The topological polar surface area (TPSA) is 17.1 Å². The van der Waals surface area contributed by atoms with Crippen LogP contribution in [0.3, 0.4) is 0 Å². The molecule has 2 unspecified atom stereocenters. The number of hydrogen-bond donors (Lipinski definition) is 0. The predicted octanol–water partition coefficient (Wildman–Crippen LogP) is 2.79. The number of carbonyl (C=O) groups excluding carboxylic acids is 1. The quantitative estimate of drug-likeness (QED) is 0.635. The first-order valence-corrected chi connectivity index (χ1v) is 5.91. The van der Waals surface area contributed by atoms with Crippen LogP contribution in [0.5, 0.6) is 0 Å². The molecule has 0 spiro atoms. The van der Waals surface area contributed by atoms with E-state index in [2.05, 4.69) is 0 Å². The van der Waals surface area contributed by atoms with Gasteiger partial charge < -0.3 is 0 Å². The van der Waals surface area contributed by atoms with Gasteiger partial charge in [0, 0.05) is 11.8 Å². The highest BCUT2D eigenvalue weighted by Gasteiger charge is 2.55. The number of carbonyl (C=O) groups is 1. The van der Waals surface area contributed by atoms with Gasteiger partial charge in [0.2, 0.25) is 0 Å². The summed E-state index contributed by atoms with van der Waals surface area (Å²) < 4.78 is 0. The molecule has 72 valence electrons. The number of fused-ring (bicyclic) bond motifs is 1. The molecule has 2 atom stereocenters. The highest BCUT2D eigenvalue weighted by atomic mass is 16.1. The minimum absolute atomic E-state index is 0.496. The first kappa shape index (κ1) is 8.02. The van der Waals surface area contributed by atoms with Crippen molar-refractivity contribution in [2.45, 2.75) is 44.9 Å². The summed E-state index contributed by atoms with van der Waals surface area (Å²) >= 11 is 0. The lowest BCUT2D eigenvalue weighted by molar-refractivity contribution is -0.127. The van der Waals surface area contributed by atoms with Gasteiger partial charge in [-0.25, -0.2) is 0 Å². The van der Waals surface area contributed by atoms with Crippen LogP contribution in [0.25, 0.3) is 0 Å². The van der Waals surface area contributed by atoms with Crippen molar-refractivity contribution in [2.75, 3.05) is 0 Å². The minimum atomic E-state index is 0.496. The third-order valence-corrected chi connectivity index (χ3v) is 4.49. The zero-order valence-corrected chi connectivity index (χ0v) is 8.17. The summed E-state index contributed by atoms with van der Waals surface area (Å²) in [5, 5.41) is 0. The van der Waals surface area contributed by atoms with Gasteiger partial charge in [-0.1, -0.05) is 19.3 Å². The summed E-state index contributed by atoms with van der Waals surface area (Å²) in [6, 6.07) is 0. The molecule has 3 saturated carbocycles. The van der Waals surface area contributed by atoms with E-state index in [1.165, 1.54) is 44.9 Å². The first-order valence-electron chi connectivity index (χ1n) is 5.91. The van der Waals surface area contributed by atoms with Crippen molar-refractivity contribution in [3.05, 3.63) is 0 Å². The molecule has 3 rings (SSSR count). The smallest absolute Gasteiger partial charge is 0.139 e. The summed E-state index contributed by atoms with van der Waals surface area (Å²) in [5.74, 6) is 3.36. The molecule has 1 heteroatoms. The highest BCUT2D eigenvalue weighted by Crippen LogP contribution is 2.57. The third kappa shape index (κ3) is 1.16. The maximum absolute atomic E-state index is 12.0. The molecule has 3 aliphatic rings. The van der Waals surface area contributed by atoms with Gasteiger partial charge in [0.05, 0.1) is 0 Å². The van der Waals surface area contributed by atoms with Crippen molar-refractivity contribution < 1.29 is 4.79 Å². The number of Topliss-reactive ketones (excluding diaryl/α,β-unsaturated/α-hetero) is 1. The van der Waals surface area contributed by atoms with Gasteiger partial charge in [-0.3, -0.25) is 4.79 Å². The van der Waals surface area contributed by atoms with Crippen LogP contribution in [-0.2, 0) is 4.79 Å². The lowest BCUT2D eigenvalue weighted by atomic mass is 9.80. The normalized spacial score (nSPS) is 43.5. The Balaban J connectivity index is 1.63. The van der Waals surface area contributed by atoms with Crippen molar-refractivity contribution >= 4 is 5.78 Å². The van der Waals surface area contributed by atoms with E-state index in [9.17, 15) is 4.79 Å². The molecule has 0 N–H and O–H groups in total. The summed E-state index contributed by atoms with van der Waals surface area (Å²) in [4.78, 5) is 12.0. The van der Waals surface area contributed by atoms with E-state index in [1.54, 1.807) is 0 Å². The van der Waals surface area contributed by atoms with Gasteiger partial charge in [-0.05, 0) is 37.5 Å². The Bertz CT molecular complexity index is 217. The van der Waals surface area contributed by atoms with Crippen LogP contribution in [0.4, 0.5) is 0 Å². The maximum atomic E-state index is 12.0. The average Bonchev–Trinajstić information content (AvgIpc) is 2.74. The summed E-state index contributed by atoms with van der Waals surface area (Å²) in [6.45, 7) is 0. The molecule has 0 aromatic heterocycles. The van der Waals surface area contributed by atoms with Crippen LogP contribution < -0.4 is 0 Å². The Kier molecular flexibility index (Phi) is 1.75. The van der Waals surface area contributed by atoms with E-state index < -0.39 is 0 Å². The molecule has 0 amide bonds. The zero-order chi connectivity index (χ0) is 8.84. The molecule has 3 aliphatic carbocycles. The Morgan fingerprint density at radius 1 is 0.846 bits per heavy atom. The van der Waals surface area contributed by atoms with Crippen molar-refractivity contribution in [1.82, 2.24) is 0 Å². The first-order chi connectivity index (χ1) is 6.38. The van der Waals surface area contributed by atoms with Gasteiger partial charge in [-0.15, -0.1) is 0 Å². The Morgan fingerprint density at radius 3 is 1.92 bits per heavy atom. The van der Waals surface area contributed by atoms with E-state index in [0.29, 0.717) is 17.6 Å². The van der Waals surface area contributed by atoms with Gasteiger partial charge in [-0.2, -0.15) is 0 Å². The molecular formula is C12H18O. The molecule has 0 aromatic carbocycles. The standard InChI is InChI=1S/C12H18O/c13-12(8-4-3-5-8)11-9-6-1-2-7-10(9)11/h8-11H,1-7H2. The molecule has 0 saturated heterocycles. The minimum Gasteiger partial charge on any atom is -0.299 e. The van der Waals surface area contributed by atoms with Crippen LogP contribution in [0, 0.1) is 23.7 Å². The monoisotopic (exact) mass is 178 g/mol. The summed E-state index contributed by atoms with van der Waals surface area (Å²) in [7, 11) is 0. The predicted molar refractivity (Wildman–Crippen MR) is 51.3 cm³/mol. The van der Waals surface area contributed by atoms with Gasteiger partial charge in [0.1, 0.15) is 5.78 Å². The molecule has 3 fully saturated rings. The number of hydrogen-bond acceptors (Lipinski definition) is 1.